The topological polar surface area (TPSA) is 78.4 Å². The third kappa shape index (κ3) is 12.1. The highest BCUT2D eigenvalue weighted by molar-refractivity contribution is 14.0. The van der Waals surface area contributed by atoms with Gasteiger partial charge in [-0.3, -0.25) is 9.89 Å². The molecule has 0 unspecified atom stereocenters. The molecule has 0 aromatic rings. The highest BCUT2D eigenvalue weighted by atomic mass is 127. The Morgan fingerprint density at radius 3 is 2.27 bits per heavy atom. The number of carbonyl (C=O) groups is 1. The van der Waals surface area contributed by atoms with Gasteiger partial charge in [0.15, 0.2) is 5.96 Å². The van der Waals surface area contributed by atoms with E-state index in [9.17, 15) is 4.79 Å². The fourth-order valence-corrected chi connectivity index (χ4v) is 3.13. The fraction of sp³-hybridized carbons (Fsp3) is 0.905. The lowest BCUT2D eigenvalue weighted by Crippen LogP contribution is -2.50. The van der Waals surface area contributed by atoms with E-state index in [1.807, 2.05) is 20.8 Å². The van der Waals surface area contributed by atoms with Crippen molar-refractivity contribution in [3.8, 4) is 0 Å². The second-order valence-corrected chi connectivity index (χ2v) is 8.96. The maximum absolute atomic E-state index is 12.1. The minimum absolute atomic E-state index is 0. The van der Waals surface area contributed by atoms with Crippen LogP contribution in [0.2, 0.25) is 0 Å². The summed E-state index contributed by atoms with van der Waals surface area (Å²) in [6, 6.07) is 0. The van der Waals surface area contributed by atoms with Crippen LogP contribution >= 0.6 is 24.0 Å². The van der Waals surface area contributed by atoms with E-state index in [1.54, 1.807) is 11.9 Å². The van der Waals surface area contributed by atoms with Crippen molar-refractivity contribution >= 4 is 36.0 Å². The van der Waals surface area contributed by atoms with Crippen molar-refractivity contribution in [3.63, 3.8) is 0 Å². The molecular weight excluding hydrogens is 497 g/mol. The third-order valence-electron chi connectivity index (χ3n) is 5.00. The van der Waals surface area contributed by atoms with Gasteiger partial charge in [-0.25, -0.2) is 4.79 Å². The maximum atomic E-state index is 12.1. The predicted molar refractivity (Wildman–Crippen MR) is 132 cm³/mol. The zero-order valence-electron chi connectivity index (χ0n) is 19.2. The number of carbonyl (C=O) groups excluding carboxylic acids is 1. The Bertz CT molecular complexity index is 515. The van der Waals surface area contributed by atoms with Crippen molar-refractivity contribution in [2.45, 2.75) is 52.1 Å². The van der Waals surface area contributed by atoms with Gasteiger partial charge in [-0.2, -0.15) is 0 Å². The van der Waals surface area contributed by atoms with Gasteiger partial charge in [-0.1, -0.05) is 0 Å². The summed E-state index contributed by atoms with van der Waals surface area (Å²) in [7, 11) is 1.80. The Hall–Kier alpha value is -0.810. The van der Waals surface area contributed by atoms with Crippen LogP contribution in [0.3, 0.4) is 0 Å². The minimum Gasteiger partial charge on any atom is -0.444 e. The molecule has 30 heavy (non-hydrogen) atoms. The average molecular weight is 540 g/mol. The number of ether oxygens (including phenoxy) is 2. The zero-order valence-corrected chi connectivity index (χ0v) is 21.6. The van der Waals surface area contributed by atoms with Crippen LogP contribution in [0.1, 0.15) is 46.5 Å². The normalized spacial score (nSPS) is 18.0. The van der Waals surface area contributed by atoms with E-state index in [0.29, 0.717) is 0 Å². The van der Waals surface area contributed by atoms with Crippen molar-refractivity contribution in [1.82, 2.24) is 20.4 Å². The van der Waals surface area contributed by atoms with Crippen LogP contribution in [-0.2, 0) is 9.47 Å². The lowest BCUT2D eigenvalue weighted by molar-refractivity contribution is 0.0145. The summed E-state index contributed by atoms with van der Waals surface area (Å²) < 4.78 is 11.1. The van der Waals surface area contributed by atoms with Crippen molar-refractivity contribution in [2.75, 3.05) is 66.1 Å². The van der Waals surface area contributed by atoms with Crippen LogP contribution in [0.25, 0.3) is 0 Å². The first-order valence-electron chi connectivity index (χ1n) is 11.1. The molecule has 8 nitrogen and oxygen atoms in total. The minimum atomic E-state index is -0.434. The van der Waals surface area contributed by atoms with Crippen molar-refractivity contribution in [3.05, 3.63) is 0 Å². The zero-order chi connectivity index (χ0) is 21.1. The van der Waals surface area contributed by atoms with Crippen molar-refractivity contribution in [2.24, 2.45) is 10.9 Å². The molecule has 0 radical (unpaired) electrons. The quantitative estimate of drug-likeness (QED) is 0.192. The van der Waals surface area contributed by atoms with E-state index >= 15 is 0 Å². The van der Waals surface area contributed by atoms with Crippen molar-refractivity contribution < 1.29 is 14.3 Å². The lowest BCUT2D eigenvalue weighted by atomic mass is 10.2. The van der Waals surface area contributed by atoms with Crippen LogP contribution in [-0.4, -0.2) is 93.5 Å². The maximum Gasteiger partial charge on any atom is 0.410 e. The standard InChI is InChI=1S/C21H41N5O3.HI/c1-21(2,3)29-20(27)26-14-12-25(13-15-26)11-5-9-23-19(22-4)24-10-6-16-28-17-18-7-8-18;/h18H,5-17H2,1-4H3,(H2,22,23,24);1H. The van der Waals surface area contributed by atoms with E-state index in [4.69, 9.17) is 9.47 Å². The number of hydrogen-bond acceptors (Lipinski definition) is 5. The molecule has 176 valence electrons. The summed E-state index contributed by atoms with van der Waals surface area (Å²) in [5.74, 6) is 1.68. The Balaban J connectivity index is 0.00000450. The average Bonchev–Trinajstić information content (AvgIpc) is 3.49. The van der Waals surface area contributed by atoms with Gasteiger partial charge in [0, 0.05) is 59.5 Å². The van der Waals surface area contributed by atoms with Crippen LogP contribution in [0.4, 0.5) is 4.79 Å². The second-order valence-electron chi connectivity index (χ2n) is 8.96. The van der Waals surface area contributed by atoms with Gasteiger partial charge in [-0.05, 0) is 58.9 Å². The van der Waals surface area contributed by atoms with Gasteiger partial charge >= 0.3 is 6.09 Å². The Labute approximate surface area is 199 Å². The molecule has 0 atom stereocenters. The van der Waals surface area contributed by atoms with Gasteiger partial charge in [0.2, 0.25) is 0 Å². The number of nitrogens with zero attached hydrogens (tertiary/aromatic N) is 3. The molecule has 0 bridgehead atoms. The number of guanidine groups is 1. The molecule has 1 aliphatic heterocycles. The number of amides is 1. The summed E-state index contributed by atoms with van der Waals surface area (Å²) in [5, 5.41) is 6.70. The van der Waals surface area contributed by atoms with E-state index in [0.717, 1.165) is 83.7 Å². The molecule has 1 aliphatic carbocycles. The lowest BCUT2D eigenvalue weighted by Gasteiger charge is -2.35. The molecular formula is C21H42IN5O3. The second kappa shape index (κ2) is 14.3. The molecule has 0 aromatic carbocycles. The Morgan fingerprint density at radius 2 is 1.70 bits per heavy atom. The number of halogens is 1. The van der Waals surface area contributed by atoms with E-state index in [2.05, 4.69) is 20.5 Å². The largest absolute Gasteiger partial charge is 0.444 e. The Morgan fingerprint density at radius 1 is 1.07 bits per heavy atom. The first kappa shape index (κ1) is 27.2. The SMILES string of the molecule is CN=C(NCCCOCC1CC1)NCCCN1CCN(C(=O)OC(C)(C)C)CC1.I. The smallest absolute Gasteiger partial charge is 0.410 e. The highest BCUT2D eigenvalue weighted by Crippen LogP contribution is 2.28. The molecule has 1 heterocycles. The first-order chi connectivity index (χ1) is 13.9. The molecule has 1 saturated heterocycles. The number of nitrogens with one attached hydrogen (secondary N) is 2. The van der Waals surface area contributed by atoms with E-state index < -0.39 is 5.60 Å². The third-order valence-corrected chi connectivity index (χ3v) is 5.00. The molecule has 2 aliphatic rings. The van der Waals surface area contributed by atoms with Crippen LogP contribution in [0, 0.1) is 5.92 Å². The Kier molecular flexibility index (Phi) is 13.0. The molecule has 0 spiro atoms. The molecule has 9 heteroatoms. The van der Waals surface area contributed by atoms with Gasteiger partial charge in [0.25, 0.3) is 0 Å². The number of piperazine rings is 1. The summed E-state index contributed by atoms with van der Waals surface area (Å²) in [6.45, 7) is 13.5. The van der Waals surface area contributed by atoms with Gasteiger partial charge in [-0.15, -0.1) is 24.0 Å². The molecule has 0 aromatic heterocycles. The number of hydrogen-bond donors (Lipinski definition) is 2. The predicted octanol–water partition coefficient (Wildman–Crippen LogP) is 2.53. The van der Waals surface area contributed by atoms with Gasteiger partial charge in [0.05, 0.1) is 0 Å². The summed E-state index contributed by atoms with van der Waals surface area (Å²) >= 11 is 0. The number of rotatable bonds is 10. The van der Waals surface area contributed by atoms with E-state index in [1.165, 1.54) is 12.8 Å². The molecule has 1 saturated carbocycles. The van der Waals surface area contributed by atoms with Gasteiger partial charge in [0.1, 0.15) is 5.60 Å². The summed E-state index contributed by atoms with van der Waals surface area (Å²) in [5.41, 5.74) is -0.434. The van der Waals surface area contributed by atoms with Crippen LogP contribution in [0.15, 0.2) is 4.99 Å². The summed E-state index contributed by atoms with van der Waals surface area (Å²) in [4.78, 5) is 20.6. The van der Waals surface area contributed by atoms with Crippen molar-refractivity contribution in [1.29, 1.82) is 0 Å². The monoisotopic (exact) mass is 539 g/mol. The first-order valence-corrected chi connectivity index (χ1v) is 11.1. The fourth-order valence-electron chi connectivity index (χ4n) is 3.13. The number of aliphatic imine (C=N–C) groups is 1. The highest BCUT2D eigenvalue weighted by Gasteiger charge is 2.25. The van der Waals surface area contributed by atoms with Gasteiger partial charge < -0.3 is 25.0 Å². The molecule has 2 fully saturated rings. The molecule has 2 rings (SSSR count). The summed E-state index contributed by atoms with van der Waals surface area (Å²) in [6.07, 6.45) is 4.52. The molecule has 2 N–H and O–H groups in total. The van der Waals surface area contributed by atoms with Crippen LogP contribution < -0.4 is 10.6 Å². The van der Waals surface area contributed by atoms with E-state index in [-0.39, 0.29) is 30.1 Å². The van der Waals surface area contributed by atoms with Crippen LogP contribution in [0.5, 0.6) is 0 Å². The molecule has 1 amide bonds.